The summed E-state index contributed by atoms with van der Waals surface area (Å²) in [6.45, 7) is 2.29. The molecular weight excluding hydrogens is 346 g/mol. The summed E-state index contributed by atoms with van der Waals surface area (Å²) in [5.74, 6) is 0. The fourth-order valence-corrected chi connectivity index (χ4v) is 3.39. The van der Waals surface area contributed by atoms with E-state index in [1.807, 2.05) is 11.7 Å². The van der Waals surface area contributed by atoms with Crippen LogP contribution in [0.25, 0.3) is 0 Å². The number of nitrogens with one attached hydrogen (secondary N) is 5. The van der Waals surface area contributed by atoms with Crippen molar-refractivity contribution in [1.82, 2.24) is 27.0 Å². The van der Waals surface area contributed by atoms with Gasteiger partial charge in [-0.3, -0.25) is 16.1 Å². The number of thioether (sulfide) groups is 1. The molecular formula is C15H34N5O4S-. The van der Waals surface area contributed by atoms with E-state index in [0.717, 1.165) is 32.4 Å². The van der Waals surface area contributed by atoms with Crippen molar-refractivity contribution in [3.8, 4) is 0 Å². The summed E-state index contributed by atoms with van der Waals surface area (Å²) >= 11 is 1.68. The van der Waals surface area contributed by atoms with Gasteiger partial charge in [0.1, 0.15) is 18.5 Å². The van der Waals surface area contributed by atoms with Gasteiger partial charge in [0.2, 0.25) is 0 Å². The van der Waals surface area contributed by atoms with Crippen molar-refractivity contribution >= 4 is 11.8 Å². The lowest BCUT2D eigenvalue weighted by Crippen LogP contribution is -2.50. The van der Waals surface area contributed by atoms with Crippen LogP contribution in [0.2, 0.25) is 0 Å². The quantitative estimate of drug-likeness (QED) is 0.427. The van der Waals surface area contributed by atoms with Gasteiger partial charge >= 0.3 is 0 Å². The second kappa shape index (κ2) is 14.1. The van der Waals surface area contributed by atoms with Crippen LogP contribution in [0, 0.1) is 5.21 Å². The van der Waals surface area contributed by atoms with Gasteiger partial charge in [-0.2, -0.15) is 0 Å². The first-order valence-electron chi connectivity index (χ1n) is 8.96. The molecule has 2 aliphatic heterocycles. The standard InChI is InChI=1S/C15H32N5O3S.H2O/c1-24-15-17-11-22-14(12-7-8-13(20-21)23-12)16-9-5-3-2-4-6-10-18-19-15;/h12-20H,2-11H2,1H3;1H2/q-1;. The maximum atomic E-state index is 10.8. The minimum absolute atomic E-state index is 0. The first-order valence-corrected chi connectivity index (χ1v) is 10.2. The Kier molecular flexibility index (Phi) is 13.0. The molecule has 7 N–H and O–H groups in total. The van der Waals surface area contributed by atoms with Crippen LogP contribution in [-0.4, -0.2) is 55.6 Å². The molecule has 0 aromatic carbocycles. The van der Waals surface area contributed by atoms with Crippen LogP contribution >= 0.6 is 11.8 Å². The van der Waals surface area contributed by atoms with Gasteiger partial charge in [0.25, 0.3) is 0 Å². The molecule has 0 bridgehead atoms. The summed E-state index contributed by atoms with van der Waals surface area (Å²) in [6, 6.07) is 0. The third-order valence-corrected chi connectivity index (χ3v) is 5.10. The number of ether oxygens (including phenoxy) is 2. The summed E-state index contributed by atoms with van der Waals surface area (Å²) in [4.78, 5) is 0. The van der Waals surface area contributed by atoms with Crippen molar-refractivity contribution in [3.05, 3.63) is 5.21 Å². The lowest BCUT2D eigenvalue weighted by atomic mass is 10.1. The molecule has 0 aromatic heterocycles. The molecule has 0 spiro atoms. The normalized spacial score (nSPS) is 33.8. The average Bonchev–Trinajstić information content (AvgIpc) is 3.07. The van der Waals surface area contributed by atoms with Gasteiger partial charge in [-0.05, 0) is 38.5 Å². The van der Waals surface area contributed by atoms with E-state index >= 15 is 0 Å². The number of hydrogen-bond acceptors (Lipinski definition) is 9. The molecule has 2 rings (SSSR count). The zero-order valence-corrected chi connectivity index (χ0v) is 15.8. The third-order valence-electron chi connectivity index (χ3n) is 4.35. The van der Waals surface area contributed by atoms with E-state index < -0.39 is 6.23 Å². The molecule has 0 saturated carbocycles. The van der Waals surface area contributed by atoms with Gasteiger partial charge in [0.15, 0.2) is 0 Å². The maximum absolute atomic E-state index is 10.8. The summed E-state index contributed by atoms with van der Waals surface area (Å²) in [7, 11) is 0. The Hall–Kier alpha value is -0.0100. The number of hydrogen-bond donors (Lipinski definition) is 5. The van der Waals surface area contributed by atoms with Gasteiger partial charge in [-0.15, -0.1) is 11.8 Å². The zero-order valence-electron chi connectivity index (χ0n) is 15.0. The van der Waals surface area contributed by atoms with Crippen LogP contribution in [0.1, 0.15) is 44.9 Å². The molecule has 0 aromatic rings. The zero-order chi connectivity index (χ0) is 17.0. The van der Waals surface area contributed by atoms with Crippen molar-refractivity contribution in [3.63, 3.8) is 0 Å². The van der Waals surface area contributed by atoms with Crippen molar-refractivity contribution < 1.29 is 14.9 Å². The summed E-state index contributed by atoms with van der Waals surface area (Å²) in [6.07, 6.45) is 8.92. The molecule has 0 amide bonds. The Bertz CT molecular complexity index is 332. The van der Waals surface area contributed by atoms with Gasteiger partial charge in [-0.1, -0.05) is 19.3 Å². The average molecular weight is 381 g/mol. The molecule has 4 unspecified atom stereocenters. The molecule has 25 heavy (non-hydrogen) atoms. The van der Waals surface area contributed by atoms with Crippen LogP contribution in [0.4, 0.5) is 0 Å². The lowest BCUT2D eigenvalue weighted by molar-refractivity contribution is -0.0917. The van der Waals surface area contributed by atoms with Gasteiger partial charge in [0.05, 0.1) is 12.3 Å². The van der Waals surface area contributed by atoms with Gasteiger partial charge in [0, 0.05) is 6.54 Å². The van der Waals surface area contributed by atoms with Crippen molar-refractivity contribution in [2.75, 3.05) is 26.1 Å². The third kappa shape index (κ3) is 8.96. The second-order valence-electron chi connectivity index (χ2n) is 6.20. The minimum Gasteiger partial charge on any atom is -0.786 e. The Labute approximate surface area is 154 Å². The Morgan fingerprint density at radius 1 is 1.04 bits per heavy atom. The Morgan fingerprint density at radius 3 is 2.52 bits per heavy atom. The summed E-state index contributed by atoms with van der Waals surface area (Å²) in [5.41, 5.74) is 8.55. The molecule has 2 aliphatic rings. The molecule has 150 valence electrons. The van der Waals surface area contributed by atoms with E-state index in [2.05, 4.69) is 21.5 Å². The second-order valence-corrected chi connectivity index (χ2v) is 7.15. The first-order chi connectivity index (χ1) is 11.8. The highest BCUT2D eigenvalue weighted by atomic mass is 32.2. The molecule has 0 radical (unpaired) electrons. The number of hydrazine groups is 1. The molecule has 2 heterocycles. The largest absolute Gasteiger partial charge is 0.786 e. The predicted octanol–water partition coefficient (Wildman–Crippen LogP) is -0.0615. The highest BCUT2D eigenvalue weighted by molar-refractivity contribution is 7.99. The fourth-order valence-electron chi connectivity index (χ4n) is 2.95. The van der Waals surface area contributed by atoms with Crippen LogP contribution in [0.5, 0.6) is 0 Å². The minimum atomic E-state index is -0.408. The van der Waals surface area contributed by atoms with Crippen LogP contribution < -0.4 is 27.0 Å². The molecule has 0 aliphatic carbocycles. The lowest BCUT2D eigenvalue weighted by Gasteiger charge is -2.27. The van der Waals surface area contributed by atoms with Crippen molar-refractivity contribution in [2.24, 2.45) is 0 Å². The molecule has 10 heteroatoms. The molecule has 2 fully saturated rings. The highest BCUT2D eigenvalue weighted by Gasteiger charge is 2.30. The fraction of sp³-hybridized carbons (Fsp3) is 1.00. The van der Waals surface area contributed by atoms with E-state index in [9.17, 15) is 5.21 Å². The van der Waals surface area contributed by atoms with Crippen molar-refractivity contribution in [2.45, 2.75) is 69.0 Å². The van der Waals surface area contributed by atoms with Crippen LogP contribution in [0.3, 0.4) is 0 Å². The van der Waals surface area contributed by atoms with E-state index in [1.165, 1.54) is 25.7 Å². The Balaban J connectivity index is 0.00000312. The Morgan fingerprint density at radius 2 is 1.80 bits per heavy atom. The smallest absolute Gasteiger partial charge is 0.136 e. The van der Waals surface area contributed by atoms with E-state index in [0.29, 0.717) is 6.73 Å². The number of rotatable bonds is 3. The van der Waals surface area contributed by atoms with Gasteiger partial charge < -0.3 is 25.6 Å². The molecule has 2 saturated heterocycles. The molecule has 9 nitrogen and oxygen atoms in total. The highest BCUT2D eigenvalue weighted by Crippen LogP contribution is 2.21. The number of hydroxylamine groups is 1. The van der Waals surface area contributed by atoms with Crippen LogP contribution in [0.15, 0.2) is 0 Å². The summed E-state index contributed by atoms with van der Waals surface area (Å²) < 4.78 is 11.7. The summed E-state index contributed by atoms with van der Waals surface area (Å²) in [5, 5.41) is 17.5. The topological polar surface area (TPSA) is 133 Å². The van der Waals surface area contributed by atoms with Crippen LogP contribution in [-0.2, 0) is 9.47 Å². The van der Waals surface area contributed by atoms with Crippen molar-refractivity contribution in [1.29, 1.82) is 0 Å². The molecule has 4 atom stereocenters. The monoisotopic (exact) mass is 380 g/mol. The van der Waals surface area contributed by atoms with E-state index in [4.69, 9.17) is 9.47 Å². The van der Waals surface area contributed by atoms with E-state index in [1.54, 1.807) is 11.8 Å². The first kappa shape index (κ1) is 23.0. The van der Waals surface area contributed by atoms with Gasteiger partial charge in [-0.25, -0.2) is 5.43 Å². The predicted molar refractivity (Wildman–Crippen MR) is 100 cm³/mol. The van der Waals surface area contributed by atoms with E-state index in [-0.39, 0.29) is 23.3 Å². The maximum Gasteiger partial charge on any atom is 0.136 e. The SMILES string of the molecule is CSC1NCOC(C2CCC(N[O-])O2)NCCCCCCCNN1.O.